The Balaban J connectivity index is 1.30. The van der Waals surface area contributed by atoms with E-state index in [2.05, 4.69) is 10.4 Å². The average Bonchev–Trinajstić information content (AvgIpc) is 3.25. The third-order valence-corrected chi connectivity index (χ3v) is 7.51. The molecular formula is C26H25BCl3N5O. The zero-order valence-corrected chi connectivity index (χ0v) is 22.1. The first-order valence-electron chi connectivity index (χ1n) is 11.9. The number of halogens is 3. The van der Waals surface area contributed by atoms with Crippen molar-refractivity contribution in [3.63, 3.8) is 0 Å². The van der Waals surface area contributed by atoms with Crippen molar-refractivity contribution in [2.75, 3.05) is 25.0 Å². The molecule has 1 atom stereocenters. The number of benzene rings is 2. The minimum Gasteiger partial charge on any atom is -0.370 e. The minimum atomic E-state index is 0.0823. The zero-order chi connectivity index (χ0) is 25.2. The fourth-order valence-corrected chi connectivity index (χ4v) is 5.36. The molecule has 1 N–H and O–H groups in total. The topological polar surface area (TPSA) is 62.5 Å². The van der Waals surface area contributed by atoms with Crippen LogP contribution in [0.15, 0.2) is 54.7 Å². The number of fused-ring (bicyclic) bond motifs is 1. The molecule has 0 bridgehead atoms. The Morgan fingerprint density at radius 3 is 2.75 bits per heavy atom. The Morgan fingerprint density at radius 2 is 1.94 bits per heavy atom. The number of hydrogen-bond donors (Lipinski definition) is 1. The highest BCUT2D eigenvalue weighted by Crippen LogP contribution is 2.29. The van der Waals surface area contributed by atoms with Crippen LogP contribution in [0, 0.1) is 5.92 Å². The smallest absolute Gasteiger partial charge is 0.227 e. The quantitative estimate of drug-likeness (QED) is 0.366. The Hall–Kier alpha value is -2.74. The van der Waals surface area contributed by atoms with E-state index in [1.807, 2.05) is 59.9 Å². The molecule has 5 rings (SSSR count). The Bertz CT molecular complexity index is 1430. The van der Waals surface area contributed by atoms with Gasteiger partial charge in [-0.15, -0.1) is 0 Å². The van der Waals surface area contributed by atoms with Crippen molar-refractivity contribution in [3.05, 3.63) is 75.4 Å². The summed E-state index contributed by atoms with van der Waals surface area (Å²) in [6.07, 6.45) is 4.09. The summed E-state index contributed by atoms with van der Waals surface area (Å²) in [7, 11) is 1.99. The number of rotatable bonds is 6. The van der Waals surface area contributed by atoms with Crippen LogP contribution in [0.1, 0.15) is 18.4 Å². The third kappa shape index (κ3) is 5.34. The van der Waals surface area contributed by atoms with Gasteiger partial charge in [-0.25, -0.2) is 4.98 Å². The molecule has 0 radical (unpaired) electrons. The summed E-state index contributed by atoms with van der Waals surface area (Å²) < 4.78 is 1.82. The van der Waals surface area contributed by atoms with E-state index >= 15 is 0 Å². The third-order valence-electron chi connectivity index (χ3n) is 6.60. The van der Waals surface area contributed by atoms with Crippen molar-refractivity contribution in [1.82, 2.24) is 19.5 Å². The van der Waals surface area contributed by atoms with Gasteiger partial charge in [-0.3, -0.25) is 4.79 Å². The van der Waals surface area contributed by atoms with E-state index < -0.39 is 0 Å². The molecule has 10 heteroatoms. The van der Waals surface area contributed by atoms with Gasteiger partial charge >= 0.3 is 0 Å². The highest BCUT2D eigenvalue weighted by molar-refractivity contribution is 6.36. The highest BCUT2D eigenvalue weighted by atomic mass is 35.5. The second kappa shape index (κ2) is 10.7. The van der Waals surface area contributed by atoms with Gasteiger partial charge in [0.2, 0.25) is 5.91 Å². The number of piperidine rings is 1. The maximum atomic E-state index is 13.0. The van der Waals surface area contributed by atoms with E-state index in [0.717, 1.165) is 53.1 Å². The molecule has 1 fully saturated rings. The summed E-state index contributed by atoms with van der Waals surface area (Å²) in [5, 5.41) is 9.83. The van der Waals surface area contributed by atoms with E-state index in [1.54, 1.807) is 12.1 Å². The van der Waals surface area contributed by atoms with Gasteiger partial charge < -0.3 is 10.2 Å². The van der Waals surface area contributed by atoms with Crippen molar-refractivity contribution < 1.29 is 4.79 Å². The Morgan fingerprint density at radius 1 is 1.11 bits per heavy atom. The van der Waals surface area contributed by atoms with Gasteiger partial charge in [0.15, 0.2) is 5.65 Å². The average molecular weight is 541 g/mol. The van der Waals surface area contributed by atoms with Crippen molar-refractivity contribution in [2.24, 2.45) is 5.92 Å². The Kier molecular flexibility index (Phi) is 7.42. The number of aromatic nitrogens is 3. The van der Waals surface area contributed by atoms with Crippen LogP contribution in [-0.2, 0) is 11.2 Å². The summed E-state index contributed by atoms with van der Waals surface area (Å²) in [4.78, 5) is 19.8. The lowest BCUT2D eigenvalue weighted by Crippen LogP contribution is -2.42. The van der Waals surface area contributed by atoms with Crippen LogP contribution < -0.4 is 10.8 Å². The summed E-state index contributed by atoms with van der Waals surface area (Å²) >= 11 is 18.7. The number of carbonyl (C=O) groups excluding carboxylic acids is 1. The number of nitrogens with one attached hydrogen (secondary N) is 1. The maximum Gasteiger partial charge on any atom is 0.227 e. The van der Waals surface area contributed by atoms with Crippen LogP contribution in [0.25, 0.3) is 16.9 Å². The largest absolute Gasteiger partial charge is 0.370 e. The number of nitrogens with zero attached hydrogens (tertiary/aromatic N) is 4. The standard InChI is InChI=1S/C26H25BCl3N5O/c27-20-14-32-35-24(12-23(33-26(20)35)19-5-1-2-6-21(19)29)31-13-16-4-3-9-34(15-16)25(36)10-17-7-8-18(28)11-22(17)30/h1-2,5-8,11-12,14,16,31H,3-4,9-10,13,15,27H2. The highest BCUT2D eigenvalue weighted by Gasteiger charge is 2.24. The number of carbonyl (C=O) groups is 1. The van der Waals surface area contributed by atoms with Gasteiger partial charge in [-0.05, 0) is 48.0 Å². The van der Waals surface area contributed by atoms with Crippen molar-refractivity contribution in [2.45, 2.75) is 19.3 Å². The minimum absolute atomic E-state index is 0.0823. The monoisotopic (exact) mass is 539 g/mol. The molecule has 1 unspecified atom stereocenters. The molecule has 4 aromatic rings. The van der Waals surface area contributed by atoms with E-state index in [-0.39, 0.29) is 12.3 Å². The summed E-state index contributed by atoms with van der Waals surface area (Å²) in [5.41, 5.74) is 4.24. The van der Waals surface area contributed by atoms with Gasteiger partial charge in [0.25, 0.3) is 0 Å². The molecule has 184 valence electrons. The fourth-order valence-electron chi connectivity index (χ4n) is 4.65. The molecule has 2 aromatic heterocycles. The molecule has 0 spiro atoms. The Labute approximate surface area is 226 Å². The summed E-state index contributed by atoms with van der Waals surface area (Å²) in [6, 6.07) is 14.9. The molecule has 6 nitrogen and oxygen atoms in total. The molecule has 1 aliphatic rings. The van der Waals surface area contributed by atoms with E-state index in [4.69, 9.17) is 39.8 Å². The molecule has 3 heterocycles. The fraction of sp³-hybridized carbons (Fsp3) is 0.269. The molecule has 1 amide bonds. The van der Waals surface area contributed by atoms with Crippen molar-refractivity contribution in [3.8, 4) is 11.3 Å². The van der Waals surface area contributed by atoms with Crippen molar-refractivity contribution >= 4 is 65.5 Å². The lowest BCUT2D eigenvalue weighted by atomic mass is 9.97. The molecule has 0 saturated carbocycles. The van der Waals surface area contributed by atoms with Gasteiger partial charge in [-0.2, -0.15) is 9.61 Å². The summed E-state index contributed by atoms with van der Waals surface area (Å²) in [6.45, 7) is 2.17. The van der Waals surface area contributed by atoms with E-state index in [9.17, 15) is 4.79 Å². The van der Waals surface area contributed by atoms with Gasteiger partial charge in [0, 0.05) is 52.5 Å². The first-order valence-corrected chi connectivity index (χ1v) is 13.1. The van der Waals surface area contributed by atoms with Crippen LogP contribution in [0.5, 0.6) is 0 Å². The summed E-state index contributed by atoms with van der Waals surface area (Å²) in [5.74, 6) is 1.24. The van der Waals surface area contributed by atoms with Crippen molar-refractivity contribution in [1.29, 1.82) is 0 Å². The second-order valence-corrected chi connectivity index (χ2v) is 10.5. The maximum absolute atomic E-state index is 13.0. The normalized spacial score (nSPS) is 15.9. The molecule has 2 aromatic carbocycles. The zero-order valence-electron chi connectivity index (χ0n) is 19.8. The SMILES string of the molecule is Bc1cnn2c(NCC3CCCN(C(=O)Cc4ccc(Cl)cc4Cl)C3)cc(-c3ccccc3Cl)nc12. The molecule has 36 heavy (non-hydrogen) atoms. The number of anilines is 1. The van der Waals surface area contributed by atoms with Crippen LogP contribution >= 0.6 is 34.8 Å². The van der Waals surface area contributed by atoms with Gasteiger partial charge in [0.1, 0.15) is 13.7 Å². The van der Waals surface area contributed by atoms with E-state index in [1.165, 1.54) is 0 Å². The first-order chi connectivity index (χ1) is 17.4. The van der Waals surface area contributed by atoms with Gasteiger partial charge in [0.05, 0.1) is 12.1 Å². The van der Waals surface area contributed by atoms with Crippen LogP contribution in [-0.4, -0.2) is 52.9 Å². The number of hydrogen-bond acceptors (Lipinski definition) is 4. The predicted octanol–water partition coefficient (Wildman–Crippen LogP) is 4.51. The predicted molar refractivity (Wildman–Crippen MR) is 150 cm³/mol. The molecule has 1 saturated heterocycles. The molecule has 0 aliphatic carbocycles. The van der Waals surface area contributed by atoms with Crippen LogP contribution in [0.2, 0.25) is 15.1 Å². The second-order valence-electron chi connectivity index (χ2n) is 9.21. The molecular weight excluding hydrogens is 515 g/mol. The first kappa shape index (κ1) is 24.9. The molecule has 1 aliphatic heterocycles. The lowest BCUT2D eigenvalue weighted by molar-refractivity contribution is -0.132. The lowest BCUT2D eigenvalue weighted by Gasteiger charge is -2.33. The number of likely N-dealkylation sites (tertiary alicyclic amines) is 1. The van der Waals surface area contributed by atoms with Gasteiger partial charge in [-0.1, -0.05) is 59.1 Å². The van der Waals surface area contributed by atoms with E-state index in [0.29, 0.717) is 34.1 Å². The van der Waals surface area contributed by atoms with Crippen LogP contribution in [0.3, 0.4) is 0 Å². The van der Waals surface area contributed by atoms with Crippen LogP contribution in [0.4, 0.5) is 5.82 Å². The number of amides is 1.